The van der Waals surface area contributed by atoms with E-state index in [0.29, 0.717) is 0 Å². The Morgan fingerprint density at radius 2 is 1.82 bits per heavy atom. The molecule has 88 valence electrons. The van der Waals surface area contributed by atoms with E-state index in [1.807, 2.05) is 30.3 Å². The predicted octanol–water partition coefficient (Wildman–Crippen LogP) is 4.32. The molecule has 0 spiro atoms. The van der Waals surface area contributed by atoms with Gasteiger partial charge in [-0.3, -0.25) is 0 Å². The summed E-state index contributed by atoms with van der Waals surface area (Å²) in [5, 5.41) is 9.41. The minimum Gasteiger partial charge on any atom is -0.197 e. The Labute approximate surface area is 112 Å². The molecule has 2 rings (SSSR count). The molecule has 0 heterocycles. The first-order chi connectivity index (χ1) is 8.26. The van der Waals surface area contributed by atoms with E-state index in [4.69, 9.17) is 12.2 Å². The van der Waals surface area contributed by atoms with Gasteiger partial charge in [0.25, 0.3) is 0 Å². The topological polar surface area (TPSA) is 23.8 Å². The maximum absolute atomic E-state index is 9.41. The lowest BCUT2D eigenvalue weighted by atomic mass is 9.89. The molecule has 0 atom stereocenters. The first kappa shape index (κ1) is 12.6. The standard InChI is InChI=1S/C14H15NS2/c15-11-14(9-5-2-6-10-14)17-13(16)12-7-3-1-4-8-12/h1,3-4,7-8H,2,5-6,9-10H2. The van der Waals surface area contributed by atoms with Gasteiger partial charge < -0.3 is 0 Å². The number of thioether (sulfide) groups is 1. The van der Waals surface area contributed by atoms with Crippen LogP contribution < -0.4 is 0 Å². The van der Waals surface area contributed by atoms with Gasteiger partial charge >= 0.3 is 0 Å². The molecule has 0 radical (unpaired) electrons. The van der Waals surface area contributed by atoms with Crippen molar-refractivity contribution in [2.75, 3.05) is 0 Å². The summed E-state index contributed by atoms with van der Waals surface area (Å²) in [5.74, 6) is 0. The van der Waals surface area contributed by atoms with Gasteiger partial charge in [0.05, 0.1) is 10.3 Å². The summed E-state index contributed by atoms with van der Waals surface area (Å²) in [7, 11) is 0. The minimum atomic E-state index is -0.273. The van der Waals surface area contributed by atoms with E-state index in [1.165, 1.54) is 6.42 Å². The van der Waals surface area contributed by atoms with E-state index in [1.54, 1.807) is 11.8 Å². The molecule has 0 aliphatic heterocycles. The largest absolute Gasteiger partial charge is 0.197 e. The van der Waals surface area contributed by atoms with E-state index in [2.05, 4.69) is 6.07 Å². The summed E-state index contributed by atoms with van der Waals surface area (Å²) in [6, 6.07) is 12.5. The van der Waals surface area contributed by atoms with E-state index < -0.39 is 0 Å². The summed E-state index contributed by atoms with van der Waals surface area (Å²) in [4.78, 5) is 0. The van der Waals surface area contributed by atoms with Crippen LogP contribution in [0.4, 0.5) is 0 Å². The number of rotatable bonds is 2. The van der Waals surface area contributed by atoms with Crippen LogP contribution in [0.2, 0.25) is 0 Å². The van der Waals surface area contributed by atoms with Crippen LogP contribution in [-0.4, -0.2) is 8.94 Å². The summed E-state index contributed by atoms with van der Waals surface area (Å²) < 4.78 is 0.583. The van der Waals surface area contributed by atoms with Crippen molar-refractivity contribution in [3.63, 3.8) is 0 Å². The van der Waals surface area contributed by atoms with Crippen LogP contribution in [0.1, 0.15) is 37.7 Å². The summed E-state index contributed by atoms with van der Waals surface area (Å²) in [6.45, 7) is 0. The number of benzene rings is 1. The predicted molar refractivity (Wildman–Crippen MR) is 77.2 cm³/mol. The molecule has 3 heteroatoms. The maximum atomic E-state index is 9.41. The zero-order valence-corrected chi connectivity index (χ0v) is 11.3. The fourth-order valence-electron chi connectivity index (χ4n) is 2.17. The summed E-state index contributed by atoms with van der Waals surface area (Å²) >= 11 is 7.04. The fourth-order valence-corrected chi connectivity index (χ4v) is 3.93. The van der Waals surface area contributed by atoms with E-state index >= 15 is 0 Å². The Balaban J connectivity index is 2.10. The highest BCUT2D eigenvalue weighted by atomic mass is 32.2. The van der Waals surface area contributed by atoms with Crippen molar-refractivity contribution in [3.8, 4) is 6.07 Å². The van der Waals surface area contributed by atoms with Crippen LogP contribution in [0.5, 0.6) is 0 Å². The van der Waals surface area contributed by atoms with E-state index in [0.717, 1.165) is 35.4 Å². The van der Waals surface area contributed by atoms with Crippen molar-refractivity contribution < 1.29 is 0 Å². The van der Waals surface area contributed by atoms with Crippen LogP contribution >= 0.6 is 24.0 Å². The van der Waals surface area contributed by atoms with Crippen LogP contribution in [0.3, 0.4) is 0 Å². The molecule has 0 aromatic heterocycles. The normalized spacial score (nSPS) is 18.3. The van der Waals surface area contributed by atoms with Crippen molar-refractivity contribution in [2.24, 2.45) is 0 Å². The van der Waals surface area contributed by atoms with Crippen LogP contribution in [0, 0.1) is 11.3 Å². The highest BCUT2D eigenvalue weighted by Gasteiger charge is 2.34. The van der Waals surface area contributed by atoms with Crippen molar-refractivity contribution in [1.82, 2.24) is 0 Å². The van der Waals surface area contributed by atoms with Gasteiger partial charge in [0, 0.05) is 0 Å². The number of hydrogen-bond donors (Lipinski definition) is 0. The van der Waals surface area contributed by atoms with Crippen LogP contribution in [-0.2, 0) is 0 Å². The Hall–Kier alpha value is -0.850. The van der Waals surface area contributed by atoms with Gasteiger partial charge in [-0.2, -0.15) is 5.26 Å². The molecule has 1 aliphatic rings. The molecule has 1 saturated carbocycles. The monoisotopic (exact) mass is 261 g/mol. The van der Waals surface area contributed by atoms with Crippen molar-refractivity contribution in [1.29, 1.82) is 5.26 Å². The number of thiocarbonyl (C=S) groups is 1. The zero-order valence-electron chi connectivity index (χ0n) is 9.69. The molecular weight excluding hydrogens is 246 g/mol. The molecule has 17 heavy (non-hydrogen) atoms. The van der Waals surface area contributed by atoms with Crippen LogP contribution in [0.25, 0.3) is 0 Å². The average Bonchev–Trinajstić information content (AvgIpc) is 2.41. The third kappa shape index (κ3) is 3.08. The Bertz CT molecular complexity index is 427. The van der Waals surface area contributed by atoms with Gasteiger partial charge in [-0.15, -0.1) is 0 Å². The van der Waals surface area contributed by atoms with Gasteiger partial charge in [0.15, 0.2) is 0 Å². The smallest absolute Gasteiger partial charge is 0.108 e. The number of hydrogen-bond acceptors (Lipinski definition) is 3. The lowest BCUT2D eigenvalue weighted by Gasteiger charge is -2.29. The molecule has 1 fully saturated rings. The molecule has 0 bridgehead atoms. The molecule has 1 nitrogen and oxygen atoms in total. The SMILES string of the molecule is N#CC1(SC(=S)c2ccccc2)CCCCC1. The lowest BCUT2D eigenvalue weighted by molar-refractivity contribution is 0.461. The molecule has 1 aromatic carbocycles. The first-order valence-electron chi connectivity index (χ1n) is 5.95. The van der Waals surface area contributed by atoms with Gasteiger partial charge in [-0.25, -0.2) is 0 Å². The van der Waals surface area contributed by atoms with Gasteiger partial charge in [-0.1, -0.05) is 73.6 Å². The average molecular weight is 261 g/mol. The quantitative estimate of drug-likeness (QED) is 0.741. The van der Waals surface area contributed by atoms with Gasteiger partial charge in [0.2, 0.25) is 0 Å². The second kappa shape index (κ2) is 5.66. The van der Waals surface area contributed by atoms with E-state index in [9.17, 15) is 5.26 Å². The second-order valence-electron chi connectivity index (χ2n) is 4.42. The summed E-state index contributed by atoms with van der Waals surface area (Å²) in [5.41, 5.74) is 1.06. The zero-order chi connectivity index (χ0) is 12.1. The van der Waals surface area contributed by atoms with Gasteiger partial charge in [0.1, 0.15) is 4.75 Å². The number of nitriles is 1. The van der Waals surface area contributed by atoms with Gasteiger partial charge in [-0.05, 0) is 18.4 Å². The molecule has 1 aliphatic carbocycles. The third-order valence-corrected chi connectivity index (χ3v) is 4.96. The van der Waals surface area contributed by atoms with Crippen molar-refractivity contribution >= 4 is 28.2 Å². The highest BCUT2D eigenvalue weighted by Crippen LogP contribution is 2.41. The molecular formula is C14H15NS2. The van der Waals surface area contributed by atoms with Crippen molar-refractivity contribution in [3.05, 3.63) is 35.9 Å². The first-order valence-corrected chi connectivity index (χ1v) is 7.18. The maximum Gasteiger partial charge on any atom is 0.108 e. The second-order valence-corrected chi connectivity index (χ2v) is 6.48. The Morgan fingerprint density at radius 3 is 2.41 bits per heavy atom. The summed E-state index contributed by atoms with van der Waals surface area (Å²) in [6.07, 6.45) is 5.50. The Kier molecular flexibility index (Phi) is 4.20. The fraction of sp³-hybridized carbons (Fsp3) is 0.429. The lowest BCUT2D eigenvalue weighted by Crippen LogP contribution is -2.27. The molecule has 0 saturated heterocycles. The number of nitrogens with zero attached hydrogens (tertiary/aromatic N) is 1. The van der Waals surface area contributed by atoms with E-state index in [-0.39, 0.29) is 4.75 Å². The molecule has 0 unspecified atom stereocenters. The minimum absolute atomic E-state index is 0.273. The molecule has 0 amide bonds. The molecule has 1 aromatic rings. The Morgan fingerprint density at radius 1 is 1.18 bits per heavy atom. The van der Waals surface area contributed by atoms with Crippen molar-refractivity contribution in [2.45, 2.75) is 36.9 Å². The van der Waals surface area contributed by atoms with Crippen LogP contribution in [0.15, 0.2) is 30.3 Å². The third-order valence-electron chi connectivity index (χ3n) is 3.16. The molecule has 0 N–H and O–H groups in total. The highest BCUT2D eigenvalue weighted by molar-refractivity contribution is 8.24.